The summed E-state index contributed by atoms with van der Waals surface area (Å²) >= 11 is 0. The fraction of sp³-hybridized carbons (Fsp3) is 0.923. The molecule has 0 aliphatic heterocycles. The molecule has 0 bridgehead atoms. The first-order valence-electron chi connectivity index (χ1n) is 6.32. The van der Waals surface area contributed by atoms with Crippen molar-refractivity contribution in [3.63, 3.8) is 0 Å². The van der Waals surface area contributed by atoms with E-state index in [1.54, 1.807) is 0 Å². The zero-order chi connectivity index (χ0) is 12.2. The molecule has 0 aromatic rings. The van der Waals surface area contributed by atoms with E-state index in [4.69, 9.17) is 10.5 Å². The van der Waals surface area contributed by atoms with Crippen molar-refractivity contribution in [1.82, 2.24) is 0 Å². The Labute approximate surface area is 98.7 Å². The van der Waals surface area contributed by atoms with Gasteiger partial charge < -0.3 is 10.5 Å². The van der Waals surface area contributed by atoms with E-state index in [2.05, 4.69) is 20.8 Å². The topological polar surface area (TPSA) is 52.3 Å². The molecule has 0 amide bonds. The second-order valence-electron chi connectivity index (χ2n) is 5.92. The van der Waals surface area contributed by atoms with E-state index in [1.807, 2.05) is 0 Å². The quantitative estimate of drug-likeness (QED) is 0.751. The summed E-state index contributed by atoms with van der Waals surface area (Å²) < 4.78 is 5.50. The molecule has 3 nitrogen and oxygen atoms in total. The molecule has 2 unspecified atom stereocenters. The van der Waals surface area contributed by atoms with E-state index < -0.39 is 0 Å². The summed E-state index contributed by atoms with van der Waals surface area (Å²) in [6.07, 6.45) is 4.53. The van der Waals surface area contributed by atoms with Crippen molar-refractivity contribution in [1.29, 1.82) is 0 Å². The van der Waals surface area contributed by atoms with Gasteiger partial charge in [0.2, 0.25) is 0 Å². The number of hydrogen-bond acceptors (Lipinski definition) is 3. The van der Waals surface area contributed by atoms with Gasteiger partial charge in [0.1, 0.15) is 6.10 Å². The first-order chi connectivity index (χ1) is 7.43. The van der Waals surface area contributed by atoms with Crippen LogP contribution in [0.4, 0.5) is 0 Å². The number of carbonyl (C=O) groups excluding carboxylic acids is 1. The molecule has 94 valence electrons. The summed E-state index contributed by atoms with van der Waals surface area (Å²) in [6.45, 7) is 7.30. The zero-order valence-corrected chi connectivity index (χ0v) is 10.8. The van der Waals surface area contributed by atoms with Gasteiger partial charge in [-0.25, -0.2) is 0 Å². The SMILES string of the molecule is CC1CC(OC(=O)CCCN)CC(C)(C)C1. The van der Waals surface area contributed by atoms with Gasteiger partial charge in [-0.1, -0.05) is 20.8 Å². The highest BCUT2D eigenvalue weighted by molar-refractivity contribution is 5.69. The number of ether oxygens (including phenoxy) is 1. The minimum Gasteiger partial charge on any atom is -0.462 e. The Bertz CT molecular complexity index is 238. The zero-order valence-electron chi connectivity index (χ0n) is 10.8. The molecule has 0 heterocycles. The predicted molar refractivity (Wildman–Crippen MR) is 65.0 cm³/mol. The molecule has 0 aromatic heterocycles. The lowest BCUT2D eigenvalue weighted by molar-refractivity contribution is -0.153. The highest BCUT2D eigenvalue weighted by atomic mass is 16.5. The highest BCUT2D eigenvalue weighted by Gasteiger charge is 2.33. The largest absolute Gasteiger partial charge is 0.462 e. The maximum absolute atomic E-state index is 11.5. The average Bonchev–Trinajstić information content (AvgIpc) is 2.11. The van der Waals surface area contributed by atoms with Crippen molar-refractivity contribution < 1.29 is 9.53 Å². The van der Waals surface area contributed by atoms with Gasteiger partial charge in [0.05, 0.1) is 0 Å². The normalized spacial score (nSPS) is 28.8. The molecule has 0 saturated heterocycles. The van der Waals surface area contributed by atoms with Crippen molar-refractivity contribution in [2.24, 2.45) is 17.1 Å². The van der Waals surface area contributed by atoms with Crippen molar-refractivity contribution in [3.8, 4) is 0 Å². The molecule has 1 rings (SSSR count). The van der Waals surface area contributed by atoms with Gasteiger partial charge in [-0.3, -0.25) is 4.79 Å². The summed E-state index contributed by atoms with van der Waals surface area (Å²) in [5.74, 6) is 0.566. The summed E-state index contributed by atoms with van der Waals surface area (Å²) in [5.41, 5.74) is 5.67. The molecule has 2 N–H and O–H groups in total. The van der Waals surface area contributed by atoms with Crippen molar-refractivity contribution in [3.05, 3.63) is 0 Å². The number of hydrogen-bond donors (Lipinski definition) is 1. The van der Waals surface area contributed by atoms with Gasteiger partial charge in [0.25, 0.3) is 0 Å². The van der Waals surface area contributed by atoms with Gasteiger partial charge in [-0.15, -0.1) is 0 Å². The molecule has 1 fully saturated rings. The highest BCUT2D eigenvalue weighted by Crippen LogP contribution is 2.39. The lowest BCUT2D eigenvalue weighted by atomic mass is 9.71. The number of rotatable bonds is 4. The van der Waals surface area contributed by atoms with E-state index in [9.17, 15) is 4.79 Å². The van der Waals surface area contributed by atoms with Crippen LogP contribution in [0.1, 0.15) is 52.9 Å². The second-order valence-corrected chi connectivity index (χ2v) is 5.92. The van der Waals surface area contributed by atoms with Crippen molar-refractivity contribution in [2.75, 3.05) is 6.54 Å². The van der Waals surface area contributed by atoms with E-state index >= 15 is 0 Å². The van der Waals surface area contributed by atoms with E-state index in [1.165, 1.54) is 6.42 Å². The molecule has 0 aromatic carbocycles. The van der Waals surface area contributed by atoms with Crippen LogP contribution in [0.2, 0.25) is 0 Å². The molecule has 16 heavy (non-hydrogen) atoms. The van der Waals surface area contributed by atoms with E-state index in [0.717, 1.165) is 19.3 Å². The molecule has 0 spiro atoms. The predicted octanol–water partition coefficient (Wildman–Crippen LogP) is 2.48. The Morgan fingerprint density at radius 1 is 1.44 bits per heavy atom. The van der Waals surface area contributed by atoms with E-state index in [-0.39, 0.29) is 12.1 Å². The van der Waals surface area contributed by atoms with Crippen LogP contribution in [0.15, 0.2) is 0 Å². The minimum absolute atomic E-state index is 0.0830. The standard InChI is InChI=1S/C13H25NO2/c1-10-7-11(9-13(2,3)8-10)16-12(15)5-4-6-14/h10-11H,4-9,14H2,1-3H3. The van der Waals surface area contributed by atoms with Crippen LogP contribution in [0.3, 0.4) is 0 Å². The molecule has 3 heteroatoms. The summed E-state index contributed by atoms with van der Waals surface area (Å²) in [4.78, 5) is 11.5. The van der Waals surface area contributed by atoms with Crippen molar-refractivity contribution >= 4 is 5.97 Å². The van der Waals surface area contributed by atoms with Crippen LogP contribution < -0.4 is 5.73 Å². The Morgan fingerprint density at radius 2 is 2.12 bits per heavy atom. The third-order valence-electron chi connectivity index (χ3n) is 3.23. The van der Waals surface area contributed by atoms with Crippen LogP contribution in [0, 0.1) is 11.3 Å². The molecule has 1 aliphatic carbocycles. The number of nitrogens with two attached hydrogens (primary N) is 1. The Kier molecular flexibility index (Phi) is 4.78. The summed E-state index contributed by atoms with van der Waals surface area (Å²) in [7, 11) is 0. The smallest absolute Gasteiger partial charge is 0.306 e. The molecule has 1 aliphatic rings. The molecule has 2 atom stereocenters. The first-order valence-corrected chi connectivity index (χ1v) is 6.32. The van der Waals surface area contributed by atoms with Crippen LogP contribution in [-0.2, 0) is 9.53 Å². The van der Waals surface area contributed by atoms with Crippen LogP contribution >= 0.6 is 0 Å². The third kappa shape index (κ3) is 4.52. The Hall–Kier alpha value is -0.570. The van der Waals surface area contributed by atoms with Gasteiger partial charge in [0, 0.05) is 6.42 Å². The fourth-order valence-corrected chi connectivity index (χ4v) is 2.84. The van der Waals surface area contributed by atoms with Gasteiger partial charge in [0.15, 0.2) is 0 Å². The molecule has 1 saturated carbocycles. The Morgan fingerprint density at radius 3 is 2.69 bits per heavy atom. The maximum atomic E-state index is 11.5. The maximum Gasteiger partial charge on any atom is 0.306 e. The molecule has 0 radical (unpaired) electrons. The molecular weight excluding hydrogens is 202 g/mol. The van der Waals surface area contributed by atoms with Gasteiger partial charge in [-0.05, 0) is 43.6 Å². The minimum atomic E-state index is -0.0830. The van der Waals surface area contributed by atoms with Crippen LogP contribution in [0.25, 0.3) is 0 Å². The molecular formula is C13H25NO2. The fourth-order valence-electron chi connectivity index (χ4n) is 2.84. The lowest BCUT2D eigenvalue weighted by Gasteiger charge is -2.38. The third-order valence-corrected chi connectivity index (χ3v) is 3.23. The average molecular weight is 227 g/mol. The van der Waals surface area contributed by atoms with Crippen LogP contribution in [0.5, 0.6) is 0 Å². The van der Waals surface area contributed by atoms with E-state index in [0.29, 0.717) is 24.3 Å². The summed E-state index contributed by atoms with van der Waals surface area (Å²) in [6, 6.07) is 0. The number of esters is 1. The first kappa shape index (κ1) is 13.5. The number of carbonyl (C=O) groups is 1. The van der Waals surface area contributed by atoms with Gasteiger partial charge >= 0.3 is 5.97 Å². The monoisotopic (exact) mass is 227 g/mol. The lowest BCUT2D eigenvalue weighted by Crippen LogP contribution is -2.34. The van der Waals surface area contributed by atoms with Gasteiger partial charge in [-0.2, -0.15) is 0 Å². The second kappa shape index (κ2) is 5.67. The summed E-state index contributed by atoms with van der Waals surface area (Å²) in [5, 5.41) is 0. The van der Waals surface area contributed by atoms with Crippen molar-refractivity contribution in [2.45, 2.75) is 59.0 Å². The Balaban J connectivity index is 2.39. The van der Waals surface area contributed by atoms with Crippen LogP contribution in [-0.4, -0.2) is 18.6 Å².